The number of nitrogens with zero attached hydrogens (tertiary/aromatic N) is 1. The summed E-state index contributed by atoms with van der Waals surface area (Å²) < 4.78 is 13.1. The van der Waals surface area contributed by atoms with Crippen LogP contribution in [0.25, 0.3) is 11.0 Å². The van der Waals surface area contributed by atoms with Gasteiger partial charge in [-0.3, -0.25) is 4.79 Å². The summed E-state index contributed by atoms with van der Waals surface area (Å²) in [4.78, 5) is 19.2. The number of H-pyrrole nitrogens is 1. The number of hydrogen-bond acceptors (Lipinski definition) is 3. The van der Waals surface area contributed by atoms with E-state index in [2.05, 4.69) is 20.6 Å². The third-order valence-electron chi connectivity index (χ3n) is 3.59. The van der Waals surface area contributed by atoms with Crippen LogP contribution in [-0.2, 0) is 11.2 Å². The fourth-order valence-corrected chi connectivity index (χ4v) is 2.48. The van der Waals surface area contributed by atoms with E-state index in [0.29, 0.717) is 18.5 Å². The molecule has 2 aromatic rings. The highest BCUT2D eigenvalue weighted by atomic mass is 19.1. The minimum Gasteiger partial charge on any atom is -0.355 e. The van der Waals surface area contributed by atoms with E-state index in [4.69, 9.17) is 0 Å². The lowest BCUT2D eigenvalue weighted by Gasteiger charge is -2.08. The first-order valence-electron chi connectivity index (χ1n) is 6.85. The quantitative estimate of drug-likeness (QED) is 0.779. The second-order valence-corrected chi connectivity index (χ2v) is 5.08. The lowest BCUT2D eigenvalue weighted by molar-refractivity contribution is -0.124. The largest absolute Gasteiger partial charge is 0.355 e. The fraction of sp³-hybridized carbons (Fsp3) is 0.429. The van der Waals surface area contributed by atoms with Gasteiger partial charge in [-0.2, -0.15) is 0 Å². The van der Waals surface area contributed by atoms with Gasteiger partial charge in [0.05, 0.1) is 17.0 Å². The molecule has 3 N–H and O–H groups in total. The van der Waals surface area contributed by atoms with E-state index in [1.54, 1.807) is 6.07 Å². The molecule has 1 aromatic carbocycles. The molecule has 5 nitrogen and oxygen atoms in total. The molecule has 6 heteroatoms. The molecule has 1 aliphatic rings. The lowest BCUT2D eigenvalue weighted by Crippen LogP contribution is -2.33. The number of aromatic amines is 1. The van der Waals surface area contributed by atoms with Crippen LogP contribution >= 0.6 is 0 Å². The lowest BCUT2D eigenvalue weighted by atomic mass is 10.1. The molecule has 0 radical (unpaired) electrons. The van der Waals surface area contributed by atoms with Crippen LogP contribution in [0.1, 0.15) is 12.2 Å². The molecular formula is C14H17FN4O. The van der Waals surface area contributed by atoms with Crippen LogP contribution < -0.4 is 10.6 Å². The first-order chi connectivity index (χ1) is 9.72. The molecule has 1 saturated heterocycles. The summed E-state index contributed by atoms with van der Waals surface area (Å²) in [5.74, 6) is 0.655. The average Bonchev–Trinajstić information content (AvgIpc) is 3.06. The van der Waals surface area contributed by atoms with Gasteiger partial charge < -0.3 is 15.6 Å². The second-order valence-electron chi connectivity index (χ2n) is 5.08. The minimum atomic E-state index is -0.283. The molecule has 1 aromatic heterocycles. The van der Waals surface area contributed by atoms with Crippen LogP contribution in [0, 0.1) is 11.7 Å². The maximum absolute atomic E-state index is 13.1. The number of imidazole rings is 1. The number of fused-ring (bicyclic) bond motifs is 1. The Hall–Kier alpha value is -1.95. The molecule has 3 rings (SSSR count). The molecule has 1 aliphatic heterocycles. The van der Waals surface area contributed by atoms with Crippen molar-refractivity contribution in [2.45, 2.75) is 12.8 Å². The average molecular weight is 276 g/mol. The topological polar surface area (TPSA) is 69.8 Å². The molecule has 2 heterocycles. The number of carbonyl (C=O) groups is 1. The SMILES string of the molecule is O=C(NCCc1nc2ccc(F)cc2[nH]1)[C@@H]1CCNC1. The Morgan fingerprint density at radius 1 is 1.50 bits per heavy atom. The van der Waals surface area contributed by atoms with Crippen molar-refractivity contribution in [1.82, 2.24) is 20.6 Å². The summed E-state index contributed by atoms with van der Waals surface area (Å²) in [6.07, 6.45) is 1.51. The first kappa shape index (κ1) is 13.1. The van der Waals surface area contributed by atoms with E-state index in [1.807, 2.05) is 0 Å². The predicted molar refractivity (Wildman–Crippen MR) is 73.7 cm³/mol. The van der Waals surface area contributed by atoms with Crippen molar-refractivity contribution in [2.75, 3.05) is 19.6 Å². The molecule has 1 atom stereocenters. The van der Waals surface area contributed by atoms with E-state index in [1.165, 1.54) is 12.1 Å². The summed E-state index contributed by atoms with van der Waals surface area (Å²) in [5.41, 5.74) is 1.43. The van der Waals surface area contributed by atoms with Crippen molar-refractivity contribution in [2.24, 2.45) is 5.92 Å². The minimum absolute atomic E-state index is 0.0831. The zero-order valence-corrected chi connectivity index (χ0v) is 11.1. The summed E-state index contributed by atoms with van der Waals surface area (Å²) in [6.45, 7) is 2.21. The maximum Gasteiger partial charge on any atom is 0.224 e. The molecule has 0 saturated carbocycles. The number of nitrogens with one attached hydrogen (secondary N) is 3. The number of benzene rings is 1. The van der Waals surface area contributed by atoms with Gasteiger partial charge in [0, 0.05) is 19.5 Å². The van der Waals surface area contributed by atoms with Gasteiger partial charge in [0.2, 0.25) is 5.91 Å². The molecule has 20 heavy (non-hydrogen) atoms. The normalized spacial score (nSPS) is 18.6. The van der Waals surface area contributed by atoms with Crippen molar-refractivity contribution < 1.29 is 9.18 Å². The molecular weight excluding hydrogens is 259 g/mol. The fourth-order valence-electron chi connectivity index (χ4n) is 2.48. The van der Waals surface area contributed by atoms with Gasteiger partial charge in [-0.05, 0) is 31.2 Å². The number of hydrogen-bond donors (Lipinski definition) is 3. The molecule has 0 unspecified atom stereocenters. The van der Waals surface area contributed by atoms with Gasteiger partial charge in [-0.25, -0.2) is 9.37 Å². The number of carbonyl (C=O) groups excluding carboxylic acids is 1. The van der Waals surface area contributed by atoms with Crippen LogP contribution in [0.2, 0.25) is 0 Å². The molecule has 0 bridgehead atoms. The van der Waals surface area contributed by atoms with Crippen LogP contribution in [-0.4, -0.2) is 35.5 Å². The summed E-state index contributed by atoms with van der Waals surface area (Å²) >= 11 is 0. The molecule has 1 fully saturated rings. The Morgan fingerprint density at radius 3 is 3.20 bits per heavy atom. The highest BCUT2D eigenvalue weighted by Crippen LogP contribution is 2.13. The number of rotatable bonds is 4. The number of halogens is 1. The zero-order chi connectivity index (χ0) is 13.9. The third-order valence-corrected chi connectivity index (χ3v) is 3.59. The van der Waals surface area contributed by atoms with Gasteiger partial charge in [0.15, 0.2) is 0 Å². The number of aromatic nitrogens is 2. The Balaban J connectivity index is 1.55. The summed E-state index contributed by atoms with van der Waals surface area (Å²) in [7, 11) is 0. The smallest absolute Gasteiger partial charge is 0.224 e. The monoisotopic (exact) mass is 276 g/mol. The third kappa shape index (κ3) is 2.80. The highest BCUT2D eigenvalue weighted by Gasteiger charge is 2.21. The van der Waals surface area contributed by atoms with E-state index in [0.717, 1.165) is 30.9 Å². The second kappa shape index (κ2) is 5.58. The van der Waals surface area contributed by atoms with Crippen molar-refractivity contribution in [3.8, 4) is 0 Å². The molecule has 0 spiro atoms. The summed E-state index contributed by atoms with van der Waals surface area (Å²) in [5, 5.41) is 6.09. The van der Waals surface area contributed by atoms with Crippen LogP contribution in [0.15, 0.2) is 18.2 Å². The molecule has 1 amide bonds. The van der Waals surface area contributed by atoms with Crippen LogP contribution in [0.3, 0.4) is 0 Å². The number of amides is 1. The maximum atomic E-state index is 13.1. The standard InChI is InChI=1S/C14H17FN4O/c15-10-1-2-11-12(7-10)19-13(18-11)4-6-17-14(20)9-3-5-16-8-9/h1-2,7,9,16H,3-6,8H2,(H,17,20)(H,18,19)/t9-/m1/s1. The molecule has 106 valence electrons. The van der Waals surface area contributed by atoms with E-state index in [-0.39, 0.29) is 17.6 Å². The Labute approximate surface area is 116 Å². The van der Waals surface area contributed by atoms with Gasteiger partial charge in [0.25, 0.3) is 0 Å². The van der Waals surface area contributed by atoms with Gasteiger partial charge in [-0.15, -0.1) is 0 Å². The summed E-state index contributed by atoms with van der Waals surface area (Å²) in [6, 6.07) is 4.46. The first-order valence-corrected chi connectivity index (χ1v) is 6.85. The highest BCUT2D eigenvalue weighted by molar-refractivity contribution is 5.79. The Kier molecular flexibility index (Phi) is 3.64. The van der Waals surface area contributed by atoms with Gasteiger partial charge in [-0.1, -0.05) is 0 Å². The van der Waals surface area contributed by atoms with Crippen molar-refractivity contribution in [3.05, 3.63) is 29.8 Å². The Morgan fingerprint density at radius 2 is 2.40 bits per heavy atom. The van der Waals surface area contributed by atoms with E-state index >= 15 is 0 Å². The zero-order valence-electron chi connectivity index (χ0n) is 11.1. The van der Waals surface area contributed by atoms with Crippen LogP contribution in [0.5, 0.6) is 0 Å². The van der Waals surface area contributed by atoms with Gasteiger partial charge in [0.1, 0.15) is 11.6 Å². The van der Waals surface area contributed by atoms with Crippen molar-refractivity contribution >= 4 is 16.9 Å². The van der Waals surface area contributed by atoms with Crippen molar-refractivity contribution in [3.63, 3.8) is 0 Å². The Bertz CT molecular complexity index is 619. The van der Waals surface area contributed by atoms with Crippen molar-refractivity contribution in [1.29, 1.82) is 0 Å². The van der Waals surface area contributed by atoms with E-state index in [9.17, 15) is 9.18 Å². The molecule has 0 aliphatic carbocycles. The predicted octanol–water partition coefficient (Wildman–Crippen LogP) is 0.970. The van der Waals surface area contributed by atoms with E-state index < -0.39 is 0 Å². The van der Waals surface area contributed by atoms with Gasteiger partial charge >= 0.3 is 0 Å². The van der Waals surface area contributed by atoms with Crippen LogP contribution in [0.4, 0.5) is 4.39 Å².